The number of carbonyl (C=O) groups is 1. The fourth-order valence-corrected chi connectivity index (χ4v) is 3.15. The van der Waals surface area contributed by atoms with Crippen LogP contribution in [0.25, 0.3) is 16.2 Å². The highest BCUT2D eigenvalue weighted by molar-refractivity contribution is 7.15. The Bertz CT molecular complexity index is 851. The molecular weight excluding hydrogens is 298 g/mol. The van der Waals surface area contributed by atoms with Crippen LogP contribution >= 0.6 is 11.3 Å². The summed E-state index contributed by atoms with van der Waals surface area (Å²) >= 11 is 1.57. The van der Waals surface area contributed by atoms with Crippen molar-refractivity contribution in [2.24, 2.45) is 5.10 Å². The highest BCUT2D eigenvalue weighted by Crippen LogP contribution is 2.25. The lowest BCUT2D eigenvalue weighted by Crippen LogP contribution is -2.23. The molecule has 0 radical (unpaired) electrons. The van der Waals surface area contributed by atoms with E-state index in [2.05, 4.69) is 15.4 Å². The van der Waals surface area contributed by atoms with E-state index in [0.717, 1.165) is 21.9 Å². The molecule has 2 amide bonds. The van der Waals surface area contributed by atoms with Crippen LogP contribution < -0.4 is 5.32 Å². The van der Waals surface area contributed by atoms with Gasteiger partial charge in [-0.25, -0.2) is 14.8 Å². The minimum absolute atomic E-state index is 0.163. The molecule has 1 aliphatic rings. The van der Waals surface area contributed by atoms with Gasteiger partial charge in [-0.3, -0.25) is 4.40 Å². The predicted molar refractivity (Wildman–Crippen MR) is 86.2 cm³/mol. The van der Waals surface area contributed by atoms with Crippen molar-refractivity contribution in [2.75, 3.05) is 13.1 Å². The Labute approximate surface area is 130 Å². The van der Waals surface area contributed by atoms with Gasteiger partial charge in [0.1, 0.15) is 0 Å². The molecule has 3 heterocycles. The van der Waals surface area contributed by atoms with Crippen molar-refractivity contribution in [1.29, 1.82) is 0 Å². The minimum Gasteiger partial charge on any atom is -0.335 e. The van der Waals surface area contributed by atoms with Gasteiger partial charge in [-0.2, -0.15) is 5.10 Å². The normalized spacial score (nSPS) is 15.1. The van der Waals surface area contributed by atoms with Gasteiger partial charge in [0.25, 0.3) is 0 Å². The fraction of sp³-hybridized carbons (Fsp3) is 0.133. The smallest absolute Gasteiger partial charge is 0.335 e. The first-order valence-corrected chi connectivity index (χ1v) is 7.81. The van der Waals surface area contributed by atoms with Crippen molar-refractivity contribution in [1.82, 2.24) is 19.7 Å². The van der Waals surface area contributed by atoms with Crippen molar-refractivity contribution >= 4 is 28.5 Å². The summed E-state index contributed by atoms with van der Waals surface area (Å²) < 4.78 is 1.99. The van der Waals surface area contributed by atoms with Gasteiger partial charge in [0.2, 0.25) is 0 Å². The van der Waals surface area contributed by atoms with Gasteiger partial charge in [0.15, 0.2) is 4.96 Å². The summed E-state index contributed by atoms with van der Waals surface area (Å²) in [6.45, 7) is 1.21. The maximum absolute atomic E-state index is 11.6. The number of hydrogen-bond acceptors (Lipinski definition) is 4. The number of aromatic nitrogens is 2. The quantitative estimate of drug-likeness (QED) is 0.755. The van der Waals surface area contributed by atoms with Crippen LogP contribution in [0.2, 0.25) is 0 Å². The first-order valence-electron chi connectivity index (χ1n) is 6.93. The van der Waals surface area contributed by atoms with E-state index in [1.54, 1.807) is 17.6 Å². The van der Waals surface area contributed by atoms with Crippen molar-refractivity contribution in [3.05, 3.63) is 47.6 Å². The summed E-state index contributed by atoms with van der Waals surface area (Å²) in [6.07, 6.45) is 3.67. The third-order valence-electron chi connectivity index (χ3n) is 3.50. The molecule has 0 unspecified atom stereocenters. The van der Waals surface area contributed by atoms with Crippen LogP contribution in [0.15, 0.2) is 47.0 Å². The van der Waals surface area contributed by atoms with Gasteiger partial charge < -0.3 is 5.32 Å². The SMILES string of the molecule is O=C1NCCN1/N=C/c1c(-c2ccccc2)nc2sccn12. The Morgan fingerprint density at radius 2 is 2.18 bits per heavy atom. The predicted octanol–water partition coefficient (Wildman–Crippen LogP) is 2.42. The molecule has 7 heteroatoms. The third kappa shape index (κ3) is 2.15. The molecule has 0 spiro atoms. The van der Waals surface area contributed by atoms with E-state index in [4.69, 9.17) is 0 Å². The maximum atomic E-state index is 11.6. The van der Waals surface area contributed by atoms with Gasteiger partial charge in [-0.15, -0.1) is 11.3 Å². The highest BCUT2D eigenvalue weighted by Gasteiger charge is 2.19. The van der Waals surface area contributed by atoms with Gasteiger partial charge >= 0.3 is 6.03 Å². The van der Waals surface area contributed by atoms with Crippen LogP contribution in [0, 0.1) is 0 Å². The summed E-state index contributed by atoms with van der Waals surface area (Å²) in [6, 6.07) is 9.82. The molecule has 110 valence electrons. The van der Waals surface area contributed by atoms with Crippen LogP contribution in [0.1, 0.15) is 5.69 Å². The summed E-state index contributed by atoms with van der Waals surface area (Å²) in [5.74, 6) is 0. The summed E-state index contributed by atoms with van der Waals surface area (Å²) in [5, 5.41) is 10.4. The molecule has 1 aromatic carbocycles. The molecule has 1 N–H and O–H groups in total. The molecule has 1 aliphatic heterocycles. The van der Waals surface area contributed by atoms with Crippen LogP contribution in [0.5, 0.6) is 0 Å². The van der Waals surface area contributed by atoms with Gasteiger partial charge in [0, 0.05) is 23.7 Å². The van der Waals surface area contributed by atoms with Crippen molar-refractivity contribution in [3.8, 4) is 11.3 Å². The van der Waals surface area contributed by atoms with Crippen LogP contribution in [-0.2, 0) is 0 Å². The monoisotopic (exact) mass is 311 g/mol. The van der Waals surface area contributed by atoms with Crippen LogP contribution in [-0.4, -0.2) is 39.7 Å². The molecule has 1 saturated heterocycles. The van der Waals surface area contributed by atoms with Gasteiger partial charge in [-0.05, 0) is 0 Å². The van der Waals surface area contributed by atoms with E-state index in [9.17, 15) is 4.79 Å². The number of nitrogens with one attached hydrogen (secondary N) is 1. The molecule has 6 nitrogen and oxygen atoms in total. The van der Waals surface area contributed by atoms with E-state index < -0.39 is 0 Å². The van der Waals surface area contributed by atoms with E-state index in [-0.39, 0.29) is 6.03 Å². The molecule has 4 rings (SSSR count). The zero-order chi connectivity index (χ0) is 14.9. The van der Waals surface area contributed by atoms with E-state index >= 15 is 0 Å². The number of nitrogens with zero attached hydrogens (tertiary/aromatic N) is 4. The summed E-state index contributed by atoms with van der Waals surface area (Å²) in [7, 11) is 0. The van der Waals surface area contributed by atoms with Crippen LogP contribution in [0.4, 0.5) is 4.79 Å². The third-order valence-corrected chi connectivity index (χ3v) is 4.26. The van der Waals surface area contributed by atoms with Crippen molar-refractivity contribution in [2.45, 2.75) is 0 Å². The molecule has 0 bridgehead atoms. The second kappa shape index (κ2) is 5.27. The van der Waals surface area contributed by atoms with Crippen LogP contribution in [0.3, 0.4) is 0 Å². The number of hydrazone groups is 1. The topological polar surface area (TPSA) is 62.0 Å². The number of carbonyl (C=O) groups excluding carboxylic acids is 1. The Kier molecular flexibility index (Phi) is 3.12. The minimum atomic E-state index is -0.163. The number of urea groups is 1. The Hall–Kier alpha value is -2.67. The second-order valence-electron chi connectivity index (χ2n) is 4.87. The fourth-order valence-electron chi connectivity index (χ4n) is 2.43. The molecule has 3 aromatic rings. The van der Waals surface area contributed by atoms with E-state index in [0.29, 0.717) is 13.1 Å². The zero-order valence-corrected chi connectivity index (χ0v) is 12.5. The zero-order valence-electron chi connectivity index (χ0n) is 11.6. The number of rotatable bonds is 3. The highest BCUT2D eigenvalue weighted by atomic mass is 32.1. The summed E-state index contributed by atoms with van der Waals surface area (Å²) in [4.78, 5) is 17.2. The molecule has 1 fully saturated rings. The largest absolute Gasteiger partial charge is 0.337 e. The Morgan fingerprint density at radius 3 is 2.95 bits per heavy atom. The molecular formula is C15H13N5OS. The Morgan fingerprint density at radius 1 is 1.32 bits per heavy atom. The standard InChI is InChI=1S/C15H13N5OS/c21-14-16-6-7-20(14)17-10-12-13(11-4-2-1-3-5-11)18-15-19(12)8-9-22-15/h1-5,8-10H,6-7H2,(H,16,21)/b17-10+. The number of hydrogen-bond donors (Lipinski definition) is 1. The number of fused-ring (bicyclic) bond motifs is 1. The number of benzene rings is 1. The summed E-state index contributed by atoms with van der Waals surface area (Å²) in [5.41, 5.74) is 2.78. The first kappa shape index (κ1) is 13.0. The number of imidazole rings is 1. The molecule has 0 saturated carbocycles. The lowest BCUT2D eigenvalue weighted by Gasteiger charge is -2.05. The van der Waals surface area contributed by atoms with Gasteiger partial charge in [-0.1, -0.05) is 30.3 Å². The molecule has 2 aromatic heterocycles. The van der Waals surface area contributed by atoms with E-state index in [1.165, 1.54) is 5.01 Å². The lowest BCUT2D eigenvalue weighted by atomic mass is 10.1. The number of thiazole rings is 1. The molecule has 22 heavy (non-hydrogen) atoms. The lowest BCUT2D eigenvalue weighted by molar-refractivity contribution is 0.219. The average Bonchev–Trinajstić information content (AvgIpc) is 3.22. The van der Waals surface area contributed by atoms with Crippen molar-refractivity contribution < 1.29 is 4.79 Å². The first-order chi connectivity index (χ1) is 10.8. The average molecular weight is 311 g/mol. The molecule has 0 aliphatic carbocycles. The van der Waals surface area contributed by atoms with Crippen molar-refractivity contribution in [3.63, 3.8) is 0 Å². The number of amides is 2. The second-order valence-corrected chi connectivity index (χ2v) is 5.74. The Balaban J connectivity index is 1.79. The van der Waals surface area contributed by atoms with Gasteiger partial charge in [0.05, 0.1) is 24.1 Å². The van der Waals surface area contributed by atoms with E-state index in [1.807, 2.05) is 46.3 Å². The molecule has 0 atom stereocenters. The maximum Gasteiger partial charge on any atom is 0.337 e.